The number of benzene rings is 2. The topological polar surface area (TPSA) is 26.3 Å². The molecule has 0 fully saturated rings. The Morgan fingerprint density at radius 1 is 1.21 bits per heavy atom. The second-order valence-corrected chi connectivity index (χ2v) is 5.34. The largest absolute Gasteiger partial charge is 0.484 e. The minimum absolute atomic E-state index is 0.0919. The van der Waals surface area contributed by atoms with Gasteiger partial charge >= 0.3 is 0 Å². The number of hydrogen-bond donors (Lipinski definition) is 0. The van der Waals surface area contributed by atoms with Gasteiger partial charge in [0.2, 0.25) is 0 Å². The molecule has 0 spiro atoms. The third-order valence-electron chi connectivity index (χ3n) is 3.10. The molecule has 0 saturated heterocycles. The van der Waals surface area contributed by atoms with E-state index in [1.54, 1.807) is 0 Å². The maximum absolute atomic E-state index is 13.1. The fraction of sp³-hybridized carbons (Fsp3) is 0.133. The predicted octanol–water partition coefficient (Wildman–Crippen LogP) is 4.29. The van der Waals surface area contributed by atoms with E-state index in [1.807, 2.05) is 24.3 Å². The molecule has 1 atom stereocenters. The highest BCUT2D eigenvalue weighted by atomic mass is 79.9. The highest BCUT2D eigenvalue weighted by Crippen LogP contribution is 2.35. The Morgan fingerprint density at radius 3 is 2.84 bits per heavy atom. The van der Waals surface area contributed by atoms with Crippen LogP contribution in [0.2, 0.25) is 0 Å². The lowest BCUT2D eigenvalue weighted by Crippen LogP contribution is -2.20. The summed E-state index contributed by atoms with van der Waals surface area (Å²) in [5.41, 5.74) is 1.25. The van der Waals surface area contributed by atoms with Gasteiger partial charge in [0.05, 0.1) is 12.0 Å². The van der Waals surface area contributed by atoms with E-state index in [0.29, 0.717) is 11.3 Å². The van der Waals surface area contributed by atoms with Crippen LogP contribution in [-0.2, 0) is 0 Å². The quantitative estimate of drug-likeness (QED) is 0.783. The molecule has 0 saturated carbocycles. The number of ketones is 1. The van der Waals surface area contributed by atoms with Crippen LogP contribution in [0.5, 0.6) is 5.75 Å². The van der Waals surface area contributed by atoms with Crippen molar-refractivity contribution in [2.75, 3.05) is 0 Å². The second kappa shape index (κ2) is 4.78. The summed E-state index contributed by atoms with van der Waals surface area (Å²) in [6.45, 7) is 0. The van der Waals surface area contributed by atoms with Gasteiger partial charge in [0.25, 0.3) is 0 Å². The van der Waals surface area contributed by atoms with Crippen LogP contribution >= 0.6 is 15.9 Å². The van der Waals surface area contributed by atoms with E-state index in [4.69, 9.17) is 4.74 Å². The SMILES string of the molecule is O=C1CC(c2cccc(Br)c2)Oc2ccc(F)cc21. The van der Waals surface area contributed by atoms with Crippen LogP contribution in [0.3, 0.4) is 0 Å². The zero-order valence-corrected chi connectivity index (χ0v) is 11.5. The van der Waals surface area contributed by atoms with Crippen molar-refractivity contribution in [1.29, 1.82) is 0 Å². The van der Waals surface area contributed by atoms with Gasteiger partial charge in [0, 0.05) is 4.47 Å². The average molecular weight is 321 g/mol. The maximum Gasteiger partial charge on any atom is 0.170 e. The van der Waals surface area contributed by atoms with E-state index in [-0.39, 0.29) is 18.3 Å². The summed E-state index contributed by atoms with van der Waals surface area (Å²) in [6, 6.07) is 11.7. The number of halogens is 2. The lowest BCUT2D eigenvalue weighted by Gasteiger charge is -2.25. The molecule has 1 heterocycles. The molecule has 96 valence electrons. The van der Waals surface area contributed by atoms with Gasteiger partial charge in [-0.05, 0) is 35.9 Å². The van der Waals surface area contributed by atoms with Crippen molar-refractivity contribution in [1.82, 2.24) is 0 Å². The minimum atomic E-state index is -0.420. The maximum atomic E-state index is 13.1. The van der Waals surface area contributed by atoms with Crippen molar-refractivity contribution < 1.29 is 13.9 Å². The first kappa shape index (κ1) is 12.4. The fourth-order valence-electron chi connectivity index (χ4n) is 2.19. The van der Waals surface area contributed by atoms with Gasteiger partial charge in [-0.25, -0.2) is 4.39 Å². The Balaban J connectivity index is 1.97. The van der Waals surface area contributed by atoms with Crippen molar-refractivity contribution >= 4 is 21.7 Å². The molecule has 4 heteroatoms. The molecule has 19 heavy (non-hydrogen) atoms. The average Bonchev–Trinajstić information content (AvgIpc) is 2.39. The fourth-order valence-corrected chi connectivity index (χ4v) is 2.61. The van der Waals surface area contributed by atoms with Crippen molar-refractivity contribution in [3.05, 3.63) is 63.9 Å². The summed E-state index contributed by atoms with van der Waals surface area (Å²) >= 11 is 3.40. The van der Waals surface area contributed by atoms with E-state index in [9.17, 15) is 9.18 Å². The Bertz CT molecular complexity index is 654. The molecule has 1 unspecified atom stereocenters. The first-order valence-electron chi connectivity index (χ1n) is 5.88. The molecular formula is C15H10BrFO2. The zero-order valence-electron chi connectivity index (χ0n) is 9.90. The molecule has 1 aliphatic heterocycles. The molecule has 2 aromatic rings. The molecule has 0 aliphatic carbocycles. The summed E-state index contributed by atoms with van der Waals surface area (Å²) in [7, 11) is 0. The number of fused-ring (bicyclic) bond motifs is 1. The standard InChI is InChI=1S/C15H10BrFO2/c16-10-3-1-2-9(6-10)15-8-13(18)12-7-11(17)4-5-14(12)19-15/h1-7,15H,8H2. The highest BCUT2D eigenvalue weighted by Gasteiger charge is 2.27. The van der Waals surface area contributed by atoms with Gasteiger partial charge in [-0.15, -0.1) is 0 Å². The summed E-state index contributed by atoms with van der Waals surface area (Å²) in [4.78, 5) is 12.0. The van der Waals surface area contributed by atoms with Gasteiger partial charge in [0.15, 0.2) is 5.78 Å². The summed E-state index contributed by atoms with van der Waals surface area (Å²) in [5, 5.41) is 0. The van der Waals surface area contributed by atoms with Gasteiger partial charge in [-0.1, -0.05) is 28.1 Å². The predicted molar refractivity (Wildman–Crippen MR) is 72.9 cm³/mol. The Hall–Kier alpha value is -1.68. The molecule has 0 bridgehead atoms. The van der Waals surface area contributed by atoms with Crippen LogP contribution < -0.4 is 4.74 Å². The summed E-state index contributed by atoms with van der Waals surface area (Å²) in [5.74, 6) is -0.0649. The Morgan fingerprint density at radius 2 is 2.05 bits per heavy atom. The van der Waals surface area contributed by atoms with Crippen LogP contribution in [0.1, 0.15) is 28.4 Å². The molecule has 2 aromatic carbocycles. The molecular weight excluding hydrogens is 311 g/mol. The number of ether oxygens (including phenoxy) is 1. The first-order valence-corrected chi connectivity index (χ1v) is 6.67. The Labute approximate surface area is 118 Å². The van der Waals surface area contributed by atoms with Gasteiger partial charge < -0.3 is 4.74 Å². The highest BCUT2D eigenvalue weighted by molar-refractivity contribution is 9.10. The molecule has 1 aliphatic rings. The van der Waals surface area contributed by atoms with Crippen molar-refractivity contribution in [3.8, 4) is 5.75 Å². The number of carbonyl (C=O) groups is 1. The van der Waals surface area contributed by atoms with E-state index < -0.39 is 5.82 Å². The third-order valence-corrected chi connectivity index (χ3v) is 3.60. The monoisotopic (exact) mass is 320 g/mol. The number of carbonyl (C=O) groups excluding carboxylic acids is 1. The van der Waals surface area contributed by atoms with Crippen LogP contribution in [0.25, 0.3) is 0 Å². The third kappa shape index (κ3) is 2.40. The smallest absolute Gasteiger partial charge is 0.170 e. The normalized spacial score (nSPS) is 17.8. The van der Waals surface area contributed by atoms with E-state index in [2.05, 4.69) is 15.9 Å². The van der Waals surface area contributed by atoms with E-state index >= 15 is 0 Å². The molecule has 0 N–H and O–H groups in total. The minimum Gasteiger partial charge on any atom is -0.484 e. The number of Topliss-reactive ketones (excluding diaryl/α,β-unsaturated/α-hetero) is 1. The molecule has 0 amide bonds. The lowest BCUT2D eigenvalue weighted by atomic mass is 9.96. The molecule has 0 aromatic heterocycles. The molecule has 0 radical (unpaired) electrons. The molecule has 3 rings (SSSR count). The van der Waals surface area contributed by atoms with Crippen molar-refractivity contribution in [2.45, 2.75) is 12.5 Å². The van der Waals surface area contributed by atoms with Gasteiger partial charge in [0.1, 0.15) is 17.7 Å². The number of hydrogen-bond acceptors (Lipinski definition) is 2. The number of rotatable bonds is 1. The van der Waals surface area contributed by atoms with Crippen LogP contribution in [-0.4, -0.2) is 5.78 Å². The Kier molecular flexibility index (Phi) is 3.11. The van der Waals surface area contributed by atoms with Crippen molar-refractivity contribution in [2.24, 2.45) is 0 Å². The van der Waals surface area contributed by atoms with Gasteiger partial charge in [-0.3, -0.25) is 4.79 Å². The van der Waals surface area contributed by atoms with Crippen LogP contribution in [0, 0.1) is 5.82 Å². The van der Waals surface area contributed by atoms with Crippen LogP contribution in [0.15, 0.2) is 46.9 Å². The zero-order chi connectivity index (χ0) is 13.4. The van der Waals surface area contributed by atoms with E-state index in [1.165, 1.54) is 18.2 Å². The summed E-state index contributed by atoms with van der Waals surface area (Å²) < 4.78 is 19.9. The van der Waals surface area contributed by atoms with Gasteiger partial charge in [-0.2, -0.15) is 0 Å². The first-order chi connectivity index (χ1) is 9.13. The summed E-state index contributed by atoms with van der Waals surface area (Å²) in [6.07, 6.45) is -0.0876. The van der Waals surface area contributed by atoms with E-state index in [0.717, 1.165) is 10.0 Å². The lowest BCUT2D eigenvalue weighted by molar-refractivity contribution is 0.0849. The molecule has 2 nitrogen and oxygen atoms in total. The second-order valence-electron chi connectivity index (χ2n) is 4.43. The van der Waals surface area contributed by atoms with Crippen LogP contribution in [0.4, 0.5) is 4.39 Å². The van der Waals surface area contributed by atoms with Crippen molar-refractivity contribution in [3.63, 3.8) is 0 Å².